The molecule has 0 saturated carbocycles. The zero-order valence-electron chi connectivity index (χ0n) is 21.0. The van der Waals surface area contributed by atoms with Crippen molar-refractivity contribution in [1.29, 1.82) is 0 Å². The van der Waals surface area contributed by atoms with E-state index in [-0.39, 0.29) is 37.2 Å². The maximum atomic E-state index is 14.4. The molecule has 1 aliphatic heterocycles. The number of para-hydroxylation sites is 2. The summed E-state index contributed by atoms with van der Waals surface area (Å²) in [6, 6.07) is 14.9. The minimum Gasteiger partial charge on any atom is -0.493 e. The number of fused-ring (bicyclic) bond motifs is 1. The molecule has 0 aliphatic carbocycles. The Bertz CT molecular complexity index is 1220. The number of nitrogens with zero attached hydrogens (tertiary/aromatic N) is 2. The van der Waals surface area contributed by atoms with Crippen LogP contribution in [0.5, 0.6) is 11.5 Å². The lowest BCUT2D eigenvalue weighted by atomic mass is 10.00. The molecule has 0 bridgehead atoms. The number of halogens is 1. The van der Waals surface area contributed by atoms with Gasteiger partial charge in [-0.25, -0.2) is 4.39 Å². The predicted molar refractivity (Wildman–Crippen MR) is 140 cm³/mol. The molecule has 1 aromatic heterocycles. The molecule has 0 spiro atoms. The second kappa shape index (κ2) is 12.7. The van der Waals surface area contributed by atoms with Crippen molar-refractivity contribution in [3.63, 3.8) is 0 Å². The van der Waals surface area contributed by atoms with Crippen molar-refractivity contribution in [3.05, 3.63) is 81.8 Å². The first-order valence-electron chi connectivity index (χ1n) is 12.2. The standard InChI is InChI=1S/C28H31FN2O5S/c1-34-16-7-14-30(28(33)20-8-3-4-9-22(20)29)18-27(32)31-15-12-26-21(13-17-37-26)23(31)19-36-25-11-6-5-10-24(25)35-2/h3-6,8-11,13,17,23H,7,12,14-16,18-19H2,1-2H3. The number of ether oxygens (including phenoxy) is 3. The lowest BCUT2D eigenvalue weighted by molar-refractivity contribution is -0.135. The van der Waals surface area contributed by atoms with Gasteiger partial charge in [-0.05, 0) is 54.1 Å². The molecule has 4 rings (SSSR count). The summed E-state index contributed by atoms with van der Waals surface area (Å²) in [6.45, 7) is 1.27. The van der Waals surface area contributed by atoms with Crippen LogP contribution in [0.25, 0.3) is 0 Å². The number of hydrogen-bond donors (Lipinski definition) is 0. The van der Waals surface area contributed by atoms with Crippen LogP contribution < -0.4 is 9.47 Å². The van der Waals surface area contributed by atoms with Gasteiger partial charge < -0.3 is 24.0 Å². The largest absolute Gasteiger partial charge is 0.493 e. The molecule has 0 fully saturated rings. The van der Waals surface area contributed by atoms with Crippen LogP contribution in [0.2, 0.25) is 0 Å². The molecule has 37 heavy (non-hydrogen) atoms. The van der Waals surface area contributed by atoms with Gasteiger partial charge in [0.2, 0.25) is 5.91 Å². The summed E-state index contributed by atoms with van der Waals surface area (Å²) in [5.41, 5.74) is 0.994. The molecule has 2 heterocycles. The Balaban J connectivity index is 1.54. The lowest BCUT2D eigenvalue weighted by Crippen LogP contribution is -2.48. The molecular formula is C28H31FN2O5S. The Morgan fingerprint density at radius 1 is 1.08 bits per heavy atom. The van der Waals surface area contributed by atoms with E-state index in [2.05, 4.69) is 0 Å². The summed E-state index contributed by atoms with van der Waals surface area (Å²) in [5, 5.41) is 2.02. The molecule has 0 N–H and O–H groups in total. The highest BCUT2D eigenvalue weighted by molar-refractivity contribution is 7.10. The smallest absolute Gasteiger partial charge is 0.257 e. The minimum absolute atomic E-state index is 0.0532. The Morgan fingerprint density at radius 2 is 1.84 bits per heavy atom. The van der Waals surface area contributed by atoms with E-state index >= 15 is 0 Å². The summed E-state index contributed by atoms with van der Waals surface area (Å²) in [5.74, 6) is -0.136. The van der Waals surface area contributed by atoms with Gasteiger partial charge in [-0.2, -0.15) is 0 Å². The third-order valence-corrected chi connectivity index (χ3v) is 7.37. The van der Waals surface area contributed by atoms with Gasteiger partial charge >= 0.3 is 0 Å². The van der Waals surface area contributed by atoms with Gasteiger partial charge in [-0.1, -0.05) is 24.3 Å². The summed E-state index contributed by atoms with van der Waals surface area (Å²) < 4.78 is 31.1. The molecule has 7 nitrogen and oxygen atoms in total. The molecule has 9 heteroatoms. The van der Waals surface area contributed by atoms with Gasteiger partial charge in [-0.15, -0.1) is 11.3 Å². The van der Waals surface area contributed by atoms with Gasteiger partial charge in [0.15, 0.2) is 11.5 Å². The van der Waals surface area contributed by atoms with E-state index in [1.165, 1.54) is 28.0 Å². The van der Waals surface area contributed by atoms with E-state index in [4.69, 9.17) is 14.2 Å². The van der Waals surface area contributed by atoms with Crippen molar-refractivity contribution in [2.24, 2.45) is 0 Å². The summed E-state index contributed by atoms with van der Waals surface area (Å²) in [7, 11) is 3.16. The summed E-state index contributed by atoms with van der Waals surface area (Å²) in [6.07, 6.45) is 1.26. The molecule has 1 atom stereocenters. The molecule has 1 unspecified atom stereocenters. The van der Waals surface area contributed by atoms with Gasteiger partial charge in [0.05, 0.1) is 18.7 Å². The van der Waals surface area contributed by atoms with Crippen molar-refractivity contribution in [2.45, 2.75) is 18.9 Å². The van der Waals surface area contributed by atoms with Crippen LogP contribution in [0.4, 0.5) is 4.39 Å². The Morgan fingerprint density at radius 3 is 2.59 bits per heavy atom. The zero-order chi connectivity index (χ0) is 26.2. The van der Waals surface area contributed by atoms with E-state index in [9.17, 15) is 14.0 Å². The Kier molecular flexibility index (Phi) is 9.14. The van der Waals surface area contributed by atoms with Crippen LogP contribution in [0.1, 0.15) is 33.3 Å². The van der Waals surface area contributed by atoms with Crippen LogP contribution in [-0.4, -0.2) is 68.7 Å². The fourth-order valence-corrected chi connectivity index (χ4v) is 5.42. The van der Waals surface area contributed by atoms with E-state index in [1.54, 1.807) is 36.5 Å². The summed E-state index contributed by atoms with van der Waals surface area (Å²) >= 11 is 1.67. The normalized spacial score (nSPS) is 14.7. The van der Waals surface area contributed by atoms with Crippen molar-refractivity contribution >= 4 is 23.2 Å². The molecule has 2 aromatic carbocycles. The average Bonchev–Trinajstić information content (AvgIpc) is 3.40. The second-order valence-electron chi connectivity index (χ2n) is 8.67. The first kappa shape index (κ1) is 26.6. The molecule has 3 aromatic rings. The first-order chi connectivity index (χ1) is 18.0. The maximum Gasteiger partial charge on any atom is 0.257 e. The highest BCUT2D eigenvalue weighted by Crippen LogP contribution is 2.35. The average molecular weight is 527 g/mol. The van der Waals surface area contributed by atoms with Crippen LogP contribution in [0.15, 0.2) is 60.0 Å². The number of carbonyl (C=O) groups excluding carboxylic acids is 2. The topological polar surface area (TPSA) is 68.3 Å². The molecule has 196 valence electrons. The number of methoxy groups -OCH3 is 2. The van der Waals surface area contributed by atoms with Crippen LogP contribution in [0.3, 0.4) is 0 Å². The Hall–Kier alpha value is -3.43. The van der Waals surface area contributed by atoms with E-state index in [0.29, 0.717) is 31.1 Å². The zero-order valence-corrected chi connectivity index (χ0v) is 21.8. The number of thiophene rings is 1. The van der Waals surface area contributed by atoms with Crippen molar-refractivity contribution in [2.75, 3.05) is 47.1 Å². The SMILES string of the molecule is COCCCN(CC(=O)N1CCc2sccc2C1COc1ccccc1OC)C(=O)c1ccccc1F. The van der Waals surface area contributed by atoms with Crippen LogP contribution in [-0.2, 0) is 16.0 Å². The van der Waals surface area contributed by atoms with Crippen molar-refractivity contribution in [1.82, 2.24) is 9.80 Å². The maximum absolute atomic E-state index is 14.4. The highest BCUT2D eigenvalue weighted by atomic mass is 32.1. The lowest BCUT2D eigenvalue weighted by Gasteiger charge is -2.37. The monoisotopic (exact) mass is 526 g/mol. The van der Waals surface area contributed by atoms with Crippen molar-refractivity contribution < 1.29 is 28.2 Å². The fraction of sp³-hybridized carbons (Fsp3) is 0.357. The van der Waals surface area contributed by atoms with E-state index in [1.807, 2.05) is 35.7 Å². The van der Waals surface area contributed by atoms with Crippen molar-refractivity contribution in [3.8, 4) is 11.5 Å². The summed E-state index contributed by atoms with van der Waals surface area (Å²) in [4.78, 5) is 31.3. The molecule has 1 aliphatic rings. The van der Waals surface area contributed by atoms with E-state index in [0.717, 1.165) is 12.0 Å². The molecular weight excluding hydrogens is 495 g/mol. The van der Waals surface area contributed by atoms with Gasteiger partial charge in [0, 0.05) is 31.7 Å². The second-order valence-corrected chi connectivity index (χ2v) is 9.67. The third-order valence-electron chi connectivity index (χ3n) is 6.38. The fourth-order valence-electron chi connectivity index (χ4n) is 4.49. The molecule has 0 radical (unpaired) electrons. The third kappa shape index (κ3) is 6.29. The quantitative estimate of drug-likeness (QED) is 0.342. The minimum atomic E-state index is -0.610. The number of rotatable bonds is 11. The van der Waals surface area contributed by atoms with Gasteiger partial charge in [-0.3, -0.25) is 9.59 Å². The van der Waals surface area contributed by atoms with Gasteiger partial charge in [0.1, 0.15) is 19.0 Å². The van der Waals surface area contributed by atoms with Crippen LogP contribution in [0, 0.1) is 5.82 Å². The van der Waals surface area contributed by atoms with Gasteiger partial charge in [0.25, 0.3) is 5.91 Å². The van der Waals surface area contributed by atoms with Crippen LogP contribution >= 0.6 is 11.3 Å². The Labute approximate surface area is 220 Å². The number of amides is 2. The molecule has 2 amide bonds. The highest BCUT2D eigenvalue weighted by Gasteiger charge is 2.34. The predicted octanol–water partition coefficient (Wildman–Crippen LogP) is 4.58. The number of hydrogen-bond acceptors (Lipinski definition) is 6. The number of carbonyl (C=O) groups is 2. The number of benzene rings is 2. The van der Waals surface area contributed by atoms with E-state index < -0.39 is 11.7 Å². The molecule has 0 saturated heterocycles. The first-order valence-corrected chi connectivity index (χ1v) is 13.1.